The molecule has 9 heteroatoms. The van der Waals surface area contributed by atoms with Crippen molar-refractivity contribution in [2.45, 2.75) is 26.3 Å². The van der Waals surface area contributed by atoms with Gasteiger partial charge in [0.05, 0.1) is 22.2 Å². The number of hydrogen-bond acceptors (Lipinski definition) is 7. The van der Waals surface area contributed by atoms with E-state index in [-0.39, 0.29) is 22.9 Å². The van der Waals surface area contributed by atoms with Gasteiger partial charge >= 0.3 is 0 Å². The van der Waals surface area contributed by atoms with Crippen molar-refractivity contribution in [3.05, 3.63) is 68.2 Å². The molecule has 1 aromatic carbocycles. The van der Waals surface area contributed by atoms with Crippen molar-refractivity contribution < 1.29 is 9.72 Å². The Hall–Kier alpha value is -3.07. The van der Waals surface area contributed by atoms with Crippen LogP contribution in [-0.2, 0) is 13.6 Å². The quantitative estimate of drug-likeness (QED) is 0.377. The van der Waals surface area contributed by atoms with Crippen LogP contribution in [0.15, 0.2) is 36.0 Å². The summed E-state index contributed by atoms with van der Waals surface area (Å²) in [6.45, 7) is 4.51. The summed E-state index contributed by atoms with van der Waals surface area (Å²) in [5, 5.41) is 17.5. The Morgan fingerprint density at radius 3 is 2.78 bits per heavy atom. The number of anilines is 1. The van der Waals surface area contributed by atoms with Crippen molar-refractivity contribution in [2.75, 3.05) is 5.32 Å². The molecule has 1 N–H and O–H groups in total. The second-order valence-electron chi connectivity index (χ2n) is 6.37. The first-order valence-corrected chi connectivity index (χ1v) is 9.23. The molecular formula is C18H19N5O3S. The van der Waals surface area contributed by atoms with Crippen LogP contribution in [0, 0.1) is 10.1 Å². The molecule has 0 atom stereocenters. The van der Waals surface area contributed by atoms with E-state index in [1.807, 2.05) is 5.38 Å². The van der Waals surface area contributed by atoms with Crippen molar-refractivity contribution in [2.24, 2.45) is 7.05 Å². The third kappa shape index (κ3) is 4.03. The number of aromatic nitrogens is 3. The number of ketones is 1. The third-order valence-corrected chi connectivity index (χ3v) is 5.20. The molecule has 0 saturated heterocycles. The van der Waals surface area contributed by atoms with Gasteiger partial charge in [0.1, 0.15) is 5.69 Å². The fraction of sp³-hybridized carbons (Fsp3) is 0.278. The number of carbonyl (C=O) groups excluding carboxylic acids is 1. The molecule has 0 saturated carbocycles. The van der Waals surface area contributed by atoms with Gasteiger partial charge < -0.3 is 9.88 Å². The Morgan fingerprint density at radius 2 is 2.19 bits per heavy atom. The van der Waals surface area contributed by atoms with Gasteiger partial charge in [0.25, 0.3) is 5.69 Å². The number of nitrogens with zero attached hydrogens (tertiary/aromatic N) is 4. The minimum absolute atomic E-state index is 0.158. The fourth-order valence-electron chi connectivity index (χ4n) is 2.54. The van der Waals surface area contributed by atoms with E-state index in [0.29, 0.717) is 18.2 Å². The lowest BCUT2D eigenvalue weighted by molar-refractivity contribution is -0.384. The van der Waals surface area contributed by atoms with Crippen molar-refractivity contribution in [3.63, 3.8) is 0 Å². The Kier molecular flexibility index (Phi) is 5.31. The van der Waals surface area contributed by atoms with Gasteiger partial charge in [-0.2, -0.15) is 0 Å². The average molecular weight is 385 g/mol. The van der Waals surface area contributed by atoms with Crippen LogP contribution >= 0.6 is 11.3 Å². The molecule has 3 rings (SSSR count). The zero-order valence-corrected chi connectivity index (χ0v) is 16.0. The van der Waals surface area contributed by atoms with Gasteiger partial charge in [-0.1, -0.05) is 13.8 Å². The zero-order chi connectivity index (χ0) is 19.6. The van der Waals surface area contributed by atoms with Gasteiger partial charge in [0.2, 0.25) is 5.78 Å². The second-order valence-corrected chi connectivity index (χ2v) is 7.25. The van der Waals surface area contributed by atoms with E-state index in [2.05, 4.69) is 29.1 Å². The smallest absolute Gasteiger partial charge is 0.293 e. The summed E-state index contributed by atoms with van der Waals surface area (Å²) in [4.78, 5) is 32.0. The highest BCUT2D eigenvalue weighted by Gasteiger charge is 2.20. The number of carbonyl (C=O) groups is 1. The lowest BCUT2D eigenvalue weighted by Crippen LogP contribution is -2.10. The van der Waals surface area contributed by atoms with E-state index in [1.165, 1.54) is 12.3 Å². The van der Waals surface area contributed by atoms with Gasteiger partial charge in [-0.3, -0.25) is 14.9 Å². The van der Waals surface area contributed by atoms with Crippen LogP contribution in [0.25, 0.3) is 0 Å². The number of nitrogens with one attached hydrogen (secondary N) is 1. The minimum atomic E-state index is -0.502. The van der Waals surface area contributed by atoms with Crippen molar-refractivity contribution in [1.82, 2.24) is 14.5 Å². The van der Waals surface area contributed by atoms with Gasteiger partial charge in [0.15, 0.2) is 5.82 Å². The summed E-state index contributed by atoms with van der Waals surface area (Å²) >= 11 is 1.57. The Morgan fingerprint density at radius 1 is 1.41 bits per heavy atom. The van der Waals surface area contributed by atoms with E-state index in [0.717, 1.165) is 10.7 Å². The summed E-state index contributed by atoms with van der Waals surface area (Å²) in [5.41, 5.74) is 1.23. The number of benzene rings is 1. The number of aryl methyl sites for hydroxylation is 1. The van der Waals surface area contributed by atoms with Crippen LogP contribution in [0.1, 0.15) is 46.6 Å². The van der Waals surface area contributed by atoms with Crippen LogP contribution in [0.4, 0.5) is 11.4 Å². The molecule has 0 unspecified atom stereocenters. The van der Waals surface area contributed by atoms with Crippen LogP contribution < -0.4 is 5.32 Å². The molecular weight excluding hydrogens is 366 g/mol. The Balaban J connectivity index is 1.82. The SMILES string of the molecule is CC(C)c1nc(CNc2ccc(C(=O)c3nccn3C)cc2[N+](=O)[O-])cs1. The van der Waals surface area contributed by atoms with Crippen molar-refractivity contribution >= 4 is 28.5 Å². The molecule has 0 aliphatic carbocycles. The fourth-order valence-corrected chi connectivity index (χ4v) is 3.38. The van der Waals surface area contributed by atoms with Crippen molar-refractivity contribution in [3.8, 4) is 0 Å². The first-order valence-electron chi connectivity index (χ1n) is 8.35. The molecule has 0 fully saturated rings. The summed E-state index contributed by atoms with van der Waals surface area (Å²) in [5.74, 6) is 0.210. The predicted molar refractivity (Wildman–Crippen MR) is 103 cm³/mol. The van der Waals surface area contributed by atoms with Crippen LogP contribution in [0.3, 0.4) is 0 Å². The predicted octanol–water partition coefficient (Wildman–Crippen LogP) is 3.75. The molecule has 3 aromatic rings. The standard InChI is InChI=1S/C18H19N5O3S/c1-11(2)18-21-13(10-27-18)9-20-14-5-4-12(8-15(14)23(25)26)16(24)17-19-6-7-22(17)3/h4-8,10-11,20H,9H2,1-3H3. The number of rotatable bonds is 7. The number of nitro benzene ring substituents is 1. The Bertz CT molecular complexity index is 993. The molecule has 0 spiro atoms. The number of imidazole rings is 1. The second kappa shape index (κ2) is 7.67. The van der Waals surface area contributed by atoms with Crippen molar-refractivity contribution in [1.29, 1.82) is 0 Å². The first-order chi connectivity index (χ1) is 12.9. The maximum Gasteiger partial charge on any atom is 0.293 e. The normalized spacial score (nSPS) is 11.0. The van der Waals surface area contributed by atoms with Gasteiger partial charge in [0, 0.05) is 42.4 Å². The van der Waals surface area contributed by atoms with E-state index >= 15 is 0 Å². The number of thiazole rings is 1. The molecule has 2 aromatic heterocycles. The largest absolute Gasteiger partial charge is 0.374 e. The number of hydrogen-bond donors (Lipinski definition) is 1. The lowest BCUT2D eigenvalue weighted by Gasteiger charge is -2.08. The zero-order valence-electron chi connectivity index (χ0n) is 15.2. The minimum Gasteiger partial charge on any atom is -0.374 e. The summed E-state index contributed by atoms with van der Waals surface area (Å²) < 4.78 is 1.58. The topological polar surface area (TPSA) is 103 Å². The summed E-state index contributed by atoms with van der Waals surface area (Å²) in [6, 6.07) is 4.39. The maximum absolute atomic E-state index is 12.5. The van der Waals surface area contributed by atoms with E-state index in [9.17, 15) is 14.9 Å². The molecule has 2 heterocycles. The van der Waals surface area contributed by atoms with E-state index in [4.69, 9.17) is 0 Å². The lowest BCUT2D eigenvalue weighted by atomic mass is 10.1. The molecule has 0 radical (unpaired) electrons. The summed E-state index contributed by atoms with van der Waals surface area (Å²) in [6.07, 6.45) is 3.16. The van der Waals surface area contributed by atoms with Crippen LogP contribution in [-0.4, -0.2) is 25.2 Å². The molecule has 8 nitrogen and oxygen atoms in total. The highest BCUT2D eigenvalue weighted by molar-refractivity contribution is 7.09. The third-order valence-electron chi connectivity index (χ3n) is 4.00. The summed E-state index contributed by atoms with van der Waals surface area (Å²) in [7, 11) is 1.70. The van der Waals surface area contributed by atoms with Gasteiger partial charge in [-0.15, -0.1) is 11.3 Å². The van der Waals surface area contributed by atoms with E-state index in [1.54, 1.807) is 41.3 Å². The molecule has 0 bridgehead atoms. The van der Waals surface area contributed by atoms with Gasteiger partial charge in [-0.25, -0.2) is 9.97 Å². The molecule has 0 aliphatic heterocycles. The first kappa shape index (κ1) is 18.7. The molecule has 0 amide bonds. The molecule has 0 aliphatic rings. The van der Waals surface area contributed by atoms with Crippen LogP contribution in [0.2, 0.25) is 0 Å². The van der Waals surface area contributed by atoms with E-state index < -0.39 is 4.92 Å². The highest BCUT2D eigenvalue weighted by atomic mass is 32.1. The van der Waals surface area contributed by atoms with Gasteiger partial charge in [-0.05, 0) is 12.1 Å². The van der Waals surface area contributed by atoms with Crippen LogP contribution in [0.5, 0.6) is 0 Å². The highest BCUT2D eigenvalue weighted by Crippen LogP contribution is 2.27. The molecule has 140 valence electrons. The monoisotopic (exact) mass is 385 g/mol. The number of nitro groups is 1. The maximum atomic E-state index is 12.5. The Labute approximate surface area is 160 Å². The molecule has 27 heavy (non-hydrogen) atoms. The average Bonchev–Trinajstić information content (AvgIpc) is 3.28.